The summed E-state index contributed by atoms with van der Waals surface area (Å²) in [4.78, 5) is 8.67. The Kier molecular flexibility index (Phi) is 6.37. The van der Waals surface area contributed by atoms with Crippen LogP contribution >= 0.6 is 0 Å². The molecule has 0 aromatic carbocycles. The smallest absolute Gasteiger partial charge is 0.225 e. The van der Waals surface area contributed by atoms with E-state index in [4.69, 9.17) is 4.74 Å². The van der Waals surface area contributed by atoms with Crippen LogP contribution in [-0.2, 0) is 4.74 Å². The predicted molar refractivity (Wildman–Crippen MR) is 86.0 cm³/mol. The molecule has 1 aliphatic heterocycles. The van der Waals surface area contributed by atoms with Crippen molar-refractivity contribution in [2.75, 3.05) is 14.1 Å². The largest absolute Gasteiger partial charge is 0.347 e. The second-order valence-corrected chi connectivity index (χ2v) is 5.15. The molecule has 0 saturated heterocycles. The number of pyridine rings is 1. The average Bonchev–Trinajstić information content (AvgIpc) is 3.03. The van der Waals surface area contributed by atoms with Crippen molar-refractivity contribution < 1.29 is 4.74 Å². The summed E-state index contributed by atoms with van der Waals surface area (Å²) in [6.45, 7) is 0. The van der Waals surface area contributed by atoms with Crippen LogP contribution in [0.3, 0.4) is 0 Å². The highest BCUT2D eigenvalue weighted by Gasteiger charge is 2.20. The number of rotatable bonds is 3. The van der Waals surface area contributed by atoms with Crippen LogP contribution in [0.15, 0.2) is 35.6 Å². The van der Waals surface area contributed by atoms with Crippen molar-refractivity contribution in [3.05, 3.63) is 36.3 Å². The maximum Gasteiger partial charge on any atom is 0.225 e. The van der Waals surface area contributed by atoms with Crippen LogP contribution in [0.25, 0.3) is 5.57 Å². The van der Waals surface area contributed by atoms with E-state index in [0.717, 1.165) is 24.1 Å². The summed E-state index contributed by atoms with van der Waals surface area (Å²) in [6.07, 6.45) is 10.5. The van der Waals surface area contributed by atoms with Gasteiger partial charge >= 0.3 is 0 Å². The van der Waals surface area contributed by atoms with Gasteiger partial charge in [0.15, 0.2) is 0 Å². The first kappa shape index (κ1) is 15.7. The average molecular weight is 288 g/mol. The molecule has 3 rings (SSSR count). The summed E-state index contributed by atoms with van der Waals surface area (Å²) in [5.41, 5.74) is 1.91. The Morgan fingerprint density at radius 1 is 1.24 bits per heavy atom. The first-order chi connectivity index (χ1) is 10.3. The third-order valence-electron chi connectivity index (χ3n) is 3.31. The van der Waals surface area contributed by atoms with Gasteiger partial charge < -0.3 is 15.4 Å². The minimum absolute atomic E-state index is 0.236. The molecule has 2 heterocycles. The molecule has 5 heteroatoms. The lowest BCUT2D eigenvalue weighted by Gasteiger charge is -2.21. The number of ether oxygens (including phenoxy) is 1. The lowest BCUT2D eigenvalue weighted by Crippen LogP contribution is -2.32. The Balaban J connectivity index is 0.000000497. The number of hydrogen-bond acceptors (Lipinski definition) is 5. The second kappa shape index (κ2) is 8.54. The minimum atomic E-state index is -0.236. The van der Waals surface area contributed by atoms with Crippen molar-refractivity contribution >= 4 is 11.8 Å². The van der Waals surface area contributed by atoms with Gasteiger partial charge in [-0.25, -0.2) is 4.99 Å². The molecular weight excluding hydrogens is 264 g/mol. The van der Waals surface area contributed by atoms with Gasteiger partial charge in [0.05, 0.1) is 11.8 Å². The molecule has 114 valence electrons. The van der Waals surface area contributed by atoms with Crippen molar-refractivity contribution in [2.24, 2.45) is 4.99 Å². The van der Waals surface area contributed by atoms with Crippen molar-refractivity contribution in [1.29, 1.82) is 0 Å². The number of nitrogens with zero attached hydrogens (tertiary/aromatic N) is 2. The molecule has 21 heavy (non-hydrogen) atoms. The summed E-state index contributed by atoms with van der Waals surface area (Å²) in [5, 5.41) is 5.92. The van der Waals surface area contributed by atoms with E-state index in [2.05, 4.69) is 20.6 Å². The highest BCUT2D eigenvalue weighted by atomic mass is 16.5. The van der Waals surface area contributed by atoms with Gasteiger partial charge in [0.25, 0.3) is 0 Å². The van der Waals surface area contributed by atoms with Gasteiger partial charge in [0.2, 0.25) is 6.35 Å². The fourth-order valence-electron chi connectivity index (χ4n) is 2.34. The monoisotopic (exact) mass is 288 g/mol. The van der Waals surface area contributed by atoms with Gasteiger partial charge in [-0.3, -0.25) is 4.98 Å². The van der Waals surface area contributed by atoms with Gasteiger partial charge in [0.1, 0.15) is 0 Å². The maximum atomic E-state index is 5.86. The van der Waals surface area contributed by atoms with Crippen LogP contribution in [0.2, 0.25) is 0 Å². The molecule has 1 atom stereocenters. The zero-order valence-corrected chi connectivity index (χ0v) is 12.7. The topological polar surface area (TPSA) is 58.5 Å². The fourth-order valence-corrected chi connectivity index (χ4v) is 2.34. The first-order valence-corrected chi connectivity index (χ1v) is 7.48. The van der Waals surface area contributed by atoms with Gasteiger partial charge in [-0.05, 0) is 39.1 Å². The molecule has 1 unspecified atom stereocenters. The predicted octanol–water partition coefficient (Wildman–Crippen LogP) is 2.17. The summed E-state index contributed by atoms with van der Waals surface area (Å²) in [5.74, 6) is 0. The highest BCUT2D eigenvalue weighted by molar-refractivity contribution is 6.09. The normalized spacial score (nSPS) is 21.2. The Labute approximate surface area is 126 Å². The molecule has 2 N–H and O–H groups in total. The molecule has 0 bridgehead atoms. The third kappa shape index (κ3) is 4.95. The number of nitrogens with one attached hydrogen (secondary N) is 2. The van der Waals surface area contributed by atoms with Gasteiger partial charge in [-0.1, -0.05) is 18.9 Å². The summed E-state index contributed by atoms with van der Waals surface area (Å²) >= 11 is 0. The van der Waals surface area contributed by atoms with Crippen molar-refractivity contribution in [3.8, 4) is 0 Å². The fraction of sp³-hybridized carbons (Fsp3) is 0.500. The van der Waals surface area contributed by atoms with Crippen molar-refractivity contribution in [1.82, 2.24) is 15.6 Å². The molecule has 1 saturated carbocycles. The standard InChI is InChI=1S/C14H17N3O.C2H7N/c1-2-6-12(5-1)18-14-16-9-11(10-17-14)13-7-3-4-8-15-13;1-3-2/h3-4,7-10,12,14,16H,1-2,5-6H2;3H,1-2H3. The molecule has 5 nitrogen and oxygen atoms in total. The molecule has 1 aromatic heterocycles. The van der Waals surface area contributed by atoms with Crippen LogP contribution in [0.5, 0.6) is 0 Å². The van der Waals surface area contributed by atoms with Crippen LogP contribution in [-0.4, -0.2) is 37.7 Å². The Morgan fingerprint density at radius 3 is 2.57 bits per heavy atom. The van der Waals surface area contributed by atoms with Gasteiger partial charge in [-0.15, -0.1) is 0 Å². The maximum absolute atomic E-state index is 5.86. The molecule has 0 radical (unpaired) electrons. The van der Waals surface area contributed by atoms with E-state index in [0.29, 0.717) is 6.10 Å². The molecule has 0 spiro atoms. The van der Waals surface area contributed by atoms with E-state index in [-0.39, 0.29) is 6.35 Å². The molecule has 2 aliphatic rings. The second-order valence-electron chi connectivity index (χ2n) is 5.15. The number of allylic oxidation sites excluding steroid dienone is 1. The molecular formula is C16H24N4O. The SMILES string of the molecule is C1=NC(OC2CCCC2)NC=C1c1ccccn1.CNC. The molecule has 1 aliphatic carbocycles. The summed E-state index contributed by atoms with van der Waals surface area (Å²) in [7, 11) is 3.75. The minimum Gasteiger partial charge on any atom is -0.347 e. The lowest BCUT2D eigenvalue weighted by molar-refractivity contribution is -0.0140. The van der Waals surface area contributed by atoms with Crippen molar-refractivity contribution in [2.45, 2.75) is 38.1 Å². The number of hydrogen-bond donors (Lipinski definition) is 2. The van der Waals surface area contributed by atoms with E-state index >= 15 is 0 Å². The highest BCUT2D eigenvalue weighted by Crippen LogP contribution is 2.22. The Morgan fingerprint density at radius 2 is 2.00 bits per heavy atom. The van der Waals surface area contributed by atoms with E-state index in [1.807, 2.05) is 44.7 Å². The third-order valence-corrected chi connectivity index (χ3v) is 3.31. The van der Waals surface area contributed by atoms with Crippen LogP contribution in [0, 0.1) is 0 Å². The van der Waals surface area contributed by atoms with E-state index in [1.54, 1.807) is 6.20 Å². The van der Waals surface area contributed by atoms with E-state index in [9.17, 15) is 0 Å². The van der Waals surface area contributed by atoms with E-state index < -0.39 is 0 Å². The summed E-state index contributed by atoms with van der Waals surface area (Å²) < 4.78 is 5.86. The number of aromatic nitrogens is 1. The van der Waals surface area contributed by atoms with Gasteiger partial charge in [0, 0.05) is 24.2 Å². The Hall–Kier alpha value is -1.72. The van der Waals surface area contributed by atoms with Crippen molar-refractivity contribution in [3.63, 3.8) is 0 Å². The zero-order chi connectivity index (χ0) is 14.9. The summed E-state index contributed by atoms with van der Waals surface area (Å²) in [6, 6.07) is 5.85. The quantitative estimate of drug-likeness (QED) is 0.895. The molecule has 1 fully saturated rings. The van der Waals surface area contributed by atoms with Crippen LogP contribution in [0.4, 0.5) is 0 Å². The number of aliphatic imine (C=N–C) groups is 1. The van der Waals surface area contributed by atoms with Crippen LogP contribution < -0.4 is 10.6 Å². The first-order valence-electron chi connectivity index (χ1n) is 7.48. The zero-order valence-electron chi connectivity index (χ0n) is 12.7. The van der Waals surface area contributed by atoms with Crippen LogP contribution in [0.1, 0.15) is 31.4 Å². The van der Waals surface area contributed by atoms with E-state index in [1.165, 1.54) is 12.8 Å². The van der Waals surface area contributed by atoms with Gasteiger partial charge in [-0.2, -0.15) is 0 Å². The molecule has 0 amide bonds. The lowest BCUT2D eigenvalue weighted by atomic mass is 10.2. The molecule has 1 aromatic rings. The Bertz CT molecular complexity index is 466.